The van der Waals surface area contributed by atoms with Crippen LogP contribution in [0.1, 0.15) is 88.5 Å². The van der Waals surface area contributed by atoms with E-state index in [1.807, 2.05) is 0 Å². The van der Waals surface area contributed by atoms with Gasteiger partial charge in [-0.3, -0.25) is 4.98 Å². The van der Waals surface area contributed by atoms with Gasteiger partial charge in [0.2, 0.25) is 0 Å². The summed E-state index contributed by atoms with van der Waals surface area (Å²) in [7, 11) is 0. The first-order valence-corrected chi connectivity index (χ1v) is 11.5. The number of unbranched alkanes of at least 4 members (excludes halogenated alkanes) is 7. The average Bonchev–Trinajstić information content (AvgIpc) is 2.74. The van der Waals surface area contributed by atoms with Crippen LogP contribution < -0.4 is 4.74 Å². The van der Waals surface area contributed by atoms with Crippen molar-refractivity contribution in [2.24, 2.45) is 0 Å². The van der Waals surface area contributed by atoms with E-state index >= 15 is 0 Å². The van der Waals surface area contributed by atoms with E-state index in [0.29, 0.717) is 0 Å². The second-order valence-corrected chi connectivity index (χ2v) is 7.88. The maximum absolute atomic E-state index is 5.85. The van der Waals surface area contributed by atoms with E-state index in [0.717, 1.165) is 38.0 Å². The molecule has 1 heterocycles. The lowest BCUT2D eigenvalue weighted by Gasteiger charge is -2.08. The van der Waals surface area contributed by atoms with E-state index < -0.39 is 0 Å². The molecule has 1 aromatic heterocycles. The minimum Gasteiger partial charge on any atom is -0.494 e. The summed E-state index contributed by atoms with van der Waals surface area (Å²) < 4.78 is 5.85. The van der Waals surface area contributed by atoms with Crippen LogP contribution in [0.15, 0.2) is 42.6 Å². The molecule has 2 heteroatoms. The van der Waals surface area contributed by atoms with Crippen LogP contribution in [0.3, 0.4) is 0 Å². The highest BCUT2D eigenvalue weighted by atomic mass is 16.5. The highest BCUT2D eigenvalue weighted by molar-refractivity contribution is 5.28. The van der Waals surface area contributed by atoms with Gasteiger partial charge in [0.1, 0.15) is 5.75 Å². The minimum absolute atomic E-state index is 0.831. The highest BCUT2D eigenvalue weighted by Crippen LogP contribution is 2.15. The van der Waals surface area contributed by atoms with Crippen LogP contribution in [-0.2, 0) is 19.3 Å². The van der Waals surface area contributed by atoms with Crippen LogP contribution in [0.4, 0.5) is 0 Å². The largest absolute Gasteiger partial charge is 0.494 e. The van der Waals surface area contributed by atoms with Gasteiger partial charge in [-0.25, -0.2) is 0 Å². The van der Waals surface area contributed by atoms with Crippen LogP contribution in [0.25, 0.3) is 0 Å². The summed E-state index contributed by atoms with van der Waals surface area (Å²) >= 11 is 0. The van der Waals surface area contributed by atoms with Crippen LogP contribution in [0.2, 0.25) is 0 Å². The molecule has 0 aliphatic carbocycles. The Morgan fingerprint density at radius 3 is 2.00 bits per heavy atom. The van der Waals surface area contributed by atoms with Crippen molar-refractivity contribution in [3.8, 4) is 5.75 Å². The Kier molecular flexibility index (Phi) is 11.4. The molecule has 0 unspecified atom stereocenters. The Labute approximate surface area is 172 Å². The molecule has 0 spiro atoms. The molecule has 0 amide bonds. The Bertz CT molecular complexity index is 618. The Hall–Kier alpha value is -1.83. The van der Waals surface area contributed by atoms with Gasteiger partial charge in [0.25, 0.3) is 0 Å². The van der Waals surface area contributed by atoms with Crippen molar-refractivity contribution in [3.63, 3.8) is 0 Å². The fourth-order valence-electron chi connectivity index (χ4n) is 3.43. The number of nitrogens with zero attached hydrogens (tertiary/aromatic N) is 1. The molecule has 2 aromatic rings. The van der Waals surface area contributed by atoms with Crippen molar-refractivity contribution >= 4 is 0 Å². The fourth-order valence-corrected chi connectivity index (χ4v) is 3.43. The van der Waals surface area contributed by atoms with Crippen molar-refractivity contribution in [2.75, 3.05) is 6.61 Å². The van der Waals surface area contributed by atoms with E-state index in [1.54, 1.807) is 0 Å². The molecule has 1 aromatic carbocycles. The first-order chi connectivity index (χ1) is 13.8. The zero-order valence-electron chi connectivity index (χ0n) is 18.1. The zero-order valence-corrected chi connectivity index (χ0v) is 18.1. The third-order valence-electron chi connectivity index (χ3n) is 5.31. The van der Waals surface area contributed by atoms with Crippen LogP contribution in [0, 0.1) is 0 Å². The van der Waals surface area contributed by atoms with Crippen LogP contribution >= 0.6 is 0 Å². The van der Waals surface area contributed by atoms with Crippen molar-refractivity contribution < 1.29 is 4.74 Å². The van der Waals surface area contributed by atoms with Gasteiger partial charge in [-0.05, 0) is 61.4 Å². The van der Waals surface area contributed by atoms with Crippen molar-refractivity contribution in [3.05, 3.63) is 59.4 Å². The summed E-state index contributed by atoms with van der Waals surface area (Å²) in [6.07, 6.45) is 16.9. The number of aryl methyl sites for hydroxylation is 3. The molecule has 0 atom stereocenters. The minimum atomic E-state index is 0.831. The van der Waals surface area contributed by atoms with Gasteiger partial charge in [0.15, 0.2) is 0 Å². The molecule has 0 saturated carbocycles. The van der Waals surface area contributed by atoms with E-state index in [9.17, 15) is 0 Å². The van der Waals surface area contributed by atoms with Gasteiger partial charge in [-0.15, -0.1) is 0 Å². The van der Waals surface area contributed by atoms with Gasteiger partial charge in [-0.1, -0.05) is 77.0 Å². The second-order valence-electron chi connectivity index (χ2n) is 7.88. The van der Waals surface area contributed by atoms with Crippen molar-refractivity contribution in [2.45, 2.75) is 90.9 Å². The average molecular weight is 382 g/mol. The summed E-state index contributed by atoms with van der Waals surface area (Å²) in [4.78, 5) is 4.66. The second kappa shape index (κ2) is 14.2. The maximum atomic E-state index is 5.85. The summed E-state index contributed by atoms with van der Waals surface area (Å²) in [6.45, 7) is 5.34. The predicted molar refractivity (Wildman–Crippen MR) is 120 cm³/mol. The SMILES string of the molecule is CCCCCCCOc1ccc(CCc2ccc(CCCCCC)cn2)cc1. The molecule has 0 saturated heterocycles. The number of rotatable bonds is 15. The van der Waals surface area contributed by atoms with Gasteiger partial charge in [0, 0.05) is 11.9 Å². The van der Waals surface area contributed by atoms with Gasteiger partial charge in [0.05, 0.1) is 6.61 Å². The van der Waals surface area contributed by atoms with Crippen molar-refractivity contribution in [1.82, 2.24) is 4.98 Å². The maximum Gasteiger partial charge on any atom is 0.119 e. The Morgan fingerprint density at radius 2 is 1.32 bits per heavy atom. The molecular formula is C26H39NO. The summed E-state index contributed by atoms with van der Waals surface area (Å²) in [5, 5.41) is 0. The highest BCUT2D eigenvalue weighted by Gasteiger charge is 2.00. The molecular weight excluding hydrogens is 342 g/mol. The van der Waals surface area contributed by atoms with Gasteiger partial charge in [-0.2, -0.15) is 0 Å². The topological polar surface area (TPSA) is 22.1 Å². The standard InChI is InChI=1S/C26H39NO/c1-3-5-7-9-11-21-28-26-19-15-23(16-20-26)13-17-25-18-14-24(22-27-25)12-10-8-6-4-2/h14-16,18-20,22H,3-13,17,21H2,1-2H3. The number of ether oxygens (including phenoxy) is 1. The molecule has 2 nitrogen and oxygen atoms in total. The number of pyridine rings is 1. The van der Waals surface area contributed by atoms with E-state index in [2.05, 4.69) is 61.4 Å². The zero-order chi connectivity index (χ0) is 19.9. The number of hydrogen-bond acceptors (Lipinski definition) is 2. The van der Waals surface area contributed by atoms with Crippen molar-refractivity contribution in [1.29, 1.82) is 0 Å². The van der Waals surface area contributed by atoms with Crippen LogP contribution in [0.5, 0.6) is 5.75 Å². The molecule has 0 aliphatic heterocycles. The summed E-state index contributed by atoms with van der Waals surface area (Å²) in [5.74, 6) is 0.991. The third-order valence-corrected chi connectivity index (χ3v) is 5.31. The number of hydrogen-bond donors (Lipinski definition) is 0. The molecule has 0 N–H and O–H groups in total. The Morgan fingerprint density at radius 1 is 0.643 bits per heavy atom. The van der Waals surface area contributed by atoms with Gasteiger partial charge >= 0.3 is 0 Å². The first kappa shape index (κ1) is 22.5. The lowest BCUT2D eigenvalue weighted by Crippen LogP contribution is -1.98. The molecule has 0 bridgehead atoms. The first-order valence-electron chi connectivity index (χ1n) is 11.5. The van der Waals surface area contributed by atoms with E-state index in [4.69, 9.17) is 4.74 Å². The lowest BCUT2D eigenvalue weighted by atomic mass is 10.1. The Balaban J connectivity index is 1.65. The molecule has 2 rings (SSSR count). The fraction of sp³-hybridized carbons (Fsp3) is 0.577. The third kappa shape index (κ3) is 9.39. The van der Waals surface area contributed by atoms with E-state index in [1.165, 1.54) is 68.2 Å². The number of benzene rings is 1. The number of aromatic nitrogens is 1. The summed E-state index contributed by atoms with van der Waals surface area (Å²) in [6, 6.07) is 13.0. The van der Waals surface area contributed by atoms with Gasteiger partial charge < -0.3 is 4.74 Å². The summed E-state index contributed by atoms with van der Waals surface area (Å²) in [5.41, 5.74) is 3.90. The normalized spacial score (nSPS) is 10.9. The molecule has 154 valence electrons. The molecule has 0 aliphatic rings. The van der Waals surface area contributed by atoms with E-state index in [-0.39, 0.29) is 0 Å². The monoisotopic (exact) mass is 381 g/mol. The molecule has 0 radical (unpaired) electrons. The smallest absolute Gasteiger partial charge is 0.119 e. The molecule has 28 heavy (non-hydrogen) atoms. The quantitative estimate of drug-likeness (QED) is 0.301. The van der Waals surface area contributed by atoms with Crippen LogP contribution in [-0.4, -0.2) is 11.6 Å². The lowest BCUT2D eigenvalue weighted by molar-refractivity contribution is 0.304. The predicted octanol–water partition coefficient (Wildman–Crippen LogP) is 7.34. The molecule has 0 fully saturated rings.